The van der Waals surface area contributed by atoms with Crippen molar-refractivity contribution in [1.82, 2.24) is 10.6 Å². The number of amides is 2. The first kappa shape index (κ1) is 20.9. The van der Waals surface area contributed by atoms with Crippen LogP contribution in [0, 0.1) is 5.92 Å². The van der Waals surface area contributed by atoms with Crippen LogP contribution in [0.1, 0.15) is 54.8 Å². The molecule has 2 aromatic rings. The second-order valence-corrected chi connectivity index (χ2v) is 7.50. The maximum Gasteiger partial charge on any atom is 0.267 e. The number of nitrogens with one attached hydrogen (secondary N) is 2. The van der Waals surface area contributed by atoms with Gasteiger partial charge < -0.3 is 10.6 Å². The van der Waals surface area contributed by atoms with Crippen LogP contribution in [0.15, 0.2) is 53.5 Å². The zero-order valence-corrected chi connectivity index (χ0v) is 16.9. The Morgan fingerprint density at radius 1 is 1.11 bits per heavy atom. The average molecular weight is 385 g/mol. The van der Waals surface area contributed by atoms with Crippen molar-refractivity contribution >= 4 is 29.2 Å². The third-order valence-corrected chi connectivity index (χ3v) is 5.27. The van der Waals surface area contributed by atoms with Gasteiger partial charge in [-0.2, -0.15) is 0 Å². The molecule has 2 amide bonds. The molecule has 144 valence electrons. The van der Waals surface area contributed by atoms with Crippen LogP contribution < -0.4 is 10.6 Å². The van der Waals surface area contributed by atoms with E-state index >= 15 is 0 Å². The zero-order valence-electron chi connectivity index (χ0n) is 16.0. The van der Waals surface area contributed by atoms with E-state index in [2.05, 4.69) is 24.5 Å². The van der Waals surface area contributed by atoms with E-state index < -0.39 is 0 Å². The number of carbonyl (C=O) groups is 2. The molecule has 1 aromatic heterocycles. The minimum absolute atomic E-state index is 0.248. The first-order valence-electron chi connectivity index (χ1n) is 9.53. The van der Waals surface area contributed by atoms with Crippen LogP contribution in [0.5, 0.6) is 0 Å². The molecule has 4 nitrogen and oxygen atoms in total. The Hall–Kier alpha value is -2.40. The van der Waals surface area contributed by atoms with E-state index in [0.717, 1.165) is 30.6 Å². The molecule has 1 aromatic carbocycles. The minimum Gasteiger partial charge on any atom is -0.350 e. The van der Waals surface area contributed by atoms with Crippen molar-refractivity contribution in [3.63, 3.8) is 0 Å². The summed E-state index contributed by atoms with van der Waals surface area (Å²) >= 11 is 1.52. The van der Waals surface area contributed by atoms with Crippen LogP contribution >= 0.6 is 11.3 Å². The first-order chi connectivity index (χ1) is 13.1. The third kappa shape index (κ3) is 7.02. The Morgan fingerprint density at radius 2 is 1.89 bits per heavy atom. The molecule has 0 aliphatic heterocycles. The van der Waals surface area contributed by atoms with Crippen LogP contribution in [0.3, 0.4) is 0 Å². The van der Waals surface area contributed by atoms with E-state index in [1.165, 1.54) is 11.3 Å². The van der Waals surface area contributed by atoms with E-state index in [0.29, 0.717) is 18.0 Å². The van der Waals surface area contributed by atoms with Gasteiger partial charge in [0, 0.05) is 17.0 Å². The lowest BCUT2D eigenvalue weighted by Gasteiger charge is -2.16. The lowest BCUT2D eigenvalue weighted by molar-refractivity contribution is -0.117. The van der Waals surface area contributed by atoms with Gasteiger partial charge in [-0.15, -0.1) is 11.3 Å². The monoisotopic (exact) mass is 384 g/mol. The molecule has 0 saturated carbocycles. The van der Waals surface area contributed by atoms with E-state index in [1.54, 1.807) is 30.3 Å². The van der Waals surface area contributed by atoms with Gasteiger partial charge in [0.05, 0.1) is 0 Å². The molecule has 2 rings (SSSR count). The number of carbonyl (C=O) groups excluding carboxylic acids is 2. The smallest absolute Gasteiger partial charge is 0.267 e. The van der Waals surface area contributed by atoms with Crippen molar-refractivity contribution in [1.29, 1.82) is 0 Å². The zero-order chi connectivity index (χ0) is 19.5. The van der Waals surface area contributed by atoms with Crippen molar-refractivity contribution in [2.24, 2.45) is 5.92 Å². The standard InChI is InChI=1S/C22H28N2O2S/c1-3-5-10-17(4-2)16-23-22(26)20(15-19-13-9-14-27-19)24-21(25)18-11-7-6-8-12-18/h6-9,11-15,17H,3-5,10,16H2,1-2H3,(H,23,26)(H,24,25)/b20-15-/t17-/m1/s1. The number of benzene rings is 1. The molecule has 5 heteroatoms. The van der Waals surface area contributed by atoms with Crippen molar-refractivity contribution in [3.8, 4) is 0 Å². The second-order valence-electron chi connectivity index (χ2n) is 6.52. The van der Waals surface area contributed by atoms with Crippen LogP contribution in [-0.2, 0) is 4.79 Å². The molecule has 0 unspecified atom stereocenters. The fraction of sp³-hybridized carbons (Fsp3) is 0.364. The summed E-state index contributed by atoms with van der Waals surface area (Å²) in [5, 5.41) is 7.71. The molecule has 2 N–H and O–H groups in total. The summed E-state index contributed by atoms with van der Waals surface area (Å²) in [6, 6.07) is 12.8. The van der Waals surface area contributed by atoms with Gasteiger partial charge in [0.2, 0.25) is 0 Å². The Kier molecular flexibility index (Phi) is 8.78. The largest absolute Gasteiger partial charge is 0.350 e. The van der Waals surface area contributed by atoms with Gasteiger partial charge in [-0.05, 0) is 42.0 Å². The molecule has 1 heterocycles. The fourth-order valence-electron chi connectivity index (χ4n) is 2.73. The first-order valence-corrected chi connectivity index (χ1v) is 10.4. The normalized spacial score (nSPS) is 12.4. The van der Waals surface area contributed by atoms with Crippen LogP contribution in [0.2, 0.25) is 0 Å². The van der Waals surface area contributed by atoms with Crippen molar-refractivity contribution in [2.45, 2.75) is 39.5 Å². The summed E-state index contributed by atoms with van der Waals surface area (Å²) in [6.45, 7) is 4.94. The second kappa shape index (κ2) is 11.3. The van der Waals surface area contributed by atoms with E-state index in [1.807, 2.05) is 23.6 Å². The summed E-state index contributed by atoms with van der Waals surface area (Å²) in [4.78, 5) is 26.2. The van der Waals surface area contributed by atoms with Crippen LogP contribution in [-0.4, -0.2) is 18.4 Å². The highest BCUT2D eigenvalue weighted by Gasteiger charge is 2.16. The SMILES string of the molecule is CCCC[C@@H](CC)CNC(=O)/C(=C/c1cccs1)NC(=O)c1ccccc1. The predicted molar refractivity (Wildman–Crippen MR) is 113 cm³/mol. The number of hydrogen-bond acceptors (Lipinski definition) is 3. The highest BCUT2D eigenvalue weighted by molar-refractivity contribution is 7.10. The molecule has 27 heavy (non-hydrogen) atoms. The topological polar surface area (TPSA) is 58.2 Å². The average Bonchev–Trinajstić information content (AvgIpc) is 3.21. The van der Waals surface area contributed by atoms with Crippen molar-refractivity contribution in [3.05, 3.63) is 64.0 Å². The van der Waals surface area contributed by atoms with Gasteiger partial charge in [0.15, 0.2) is 0 Å². The van der Waals surface area contributed by atoms with E-state index in [-0.39, 0.29) is 17.5 Å². The Labute approximate surface area is 165 Å². The number of thiophene rings is 1. The van der Waals surface area contributed by atoms with E-state index in [4.69, 9.17) is 0 Å². The van der Waals surface area contributed by atoms with Gasteiger partial charge in [0.1, 0.15) is 5.70 Å². The number of hydrogen-bond donors (Lipinski definition) is 2. The molecule has 0 fully saturated rings. The Morgan fingerprint density at radius 3 is 2.52 bits per heavy atom. The molecule has 1 atom stereocenters. The summed E-state index contributed by atoms with van der Waals surface area (Å²) in [7, 11) is 0. The molecule has 0 bridgehead atoms. The van der Waals surface area contributed by atoms with Gasteiger partial charge in [-0.1, -0.05) is 57.4 Å². The molecule has 0 spiro atoms. The molecule has 0 saturated heterocycles. The molecular weight excluding hydrogens is 356 g/mol. The molecule has 0 aliphatic rings. The lowest BCUT2D eigenvalue weighted by Crippen LogP contribution is -2.37. The van der Waals surface area contributed by atoms with Gasteiger partial charge in [0.25, 0.3) is 11.8 Å². The van der Waals surface area contributed by atoms with Crippen LogP contribution in [0.25, 0.3) is 6.08 Å². The van der Waals surface area contributed by atoms with Gasteiger partial charge >= 0.3 is 0 Å². The minimum atomic E-state index is -0.286. The molecule has 0 aliphatic carbocycles. The summed E-state index contributed by atoms with van der Waals surface area (Å²) in [6.07, 6.45) is 6.18. The maximum atomic E-state index is 12.7. The quantitative estimate of drug-likeness (QED) is 0.575. The number of rotatable bonds is 10. The third-order valence-electron chi connectivity index (χ3n) is 4.45. The summed E-state index contributed by atoms with van der Waals surface area (Å²) in [5.74, 6) is -0.0732. The Balaban J connectivity index is 2.08. The summed E-state index contributed by atoms with van der Waals surface area (Å²) in [5.41, 5.74) is 0.799. The lowest BCUT2D eigenvalue weighted by atomic mass is 9.99. The fourth-order valence-corrected chi connectivity index (χ4v) is 3.39. The van der Waals surface area contributed by atoms with Gasteiger partial charge in [-0.25, -0.2) is 0 Å². The molecular formula is C22H28N2O2S. The highest BCUT2D eigenvalue weighted by Crippen LogP contribution is 2.14. The summed E-state index contributed by atoms with van der Waals surface area (Å²) < 4.78 is 0. The van der Waals surface area contributed by atoms with Gasteiger partial charge in [-0.3, -0.25) is 9.59 Å². The van der Waals surface area contributed by atoms with Crippen molar-refractivity contribution < 1.29 is 9.59 Å². The van der Waals surface area contributed by atoms with Crippen molar-refractivity contribution in [2.75, 3.05) is 6.54 Å². The highest BCUT2D eigenvalue weighted by atomic mass is 32.1. The Bertz CT molecular complexity index is 739. The molecule has 0 radical (unpaired) electrons. The van der Waals surface area contributed by atoms with E-state index in [9.17, 15) is 9.59 Å². The maximum absolute atomic E-state index is 12.7. The predicted octanol–water partition coefficient (Wildman–Crippen LogP) is 4.85. The van der Waals surface area contributed by atoms with Crippen LogP contribution in [0.4, 0.5) is 0 Å². The number of unbranched alkanes of at least 4 members (excludes halogenated alkanes) is 1.